The Kier molecular flexibility index (Phi) is 4.47. The second-order valence-electron chi connectivity index (χ2n) is 4.19. The lowest BCUT2D eigenvalue weighted by Crippen LogP contribution is -1.96. The Bertz CT molecular complexity index is 659. The standard InChI is InChI=1S/C14H11Cl2NO3/c1-9-5-6-12(17(18)19)13(7-9)20-14-10(8-15)3-2-4-11(14)16/h2-7H,8H2,1H3. The molecule has 0 saturated heterocycles. The second-order valence-corrected chi connectivity index (χ2v) is 4.87. The van der Waals surface area contributed by atoms with Crippen molar-refractivity contribution in [3.63, 3.8) is 0 Å². The van der Waals surface area contributed by atoms with E-state index >= 15 is 0 Å². The van der Waals surface area contributed by atoms with Gasteiger partial charge in [0.05, 0.1) is 15.8 Å². The van der Waals surface area contributed by atoms with Gasteiger partial charge >= 0.3 is 5.69 Å². The zero-order valence-electron chi connectivity index (χ0n) is 10.6. The maximum Gasteiger partial charge on any atom is 0.311 e. The third kappa shape index (κ3) is 3.03. The van der Waals surface area contributed by atoms with Crippen molar-refractivity contribution in [1.82, 2.24) is 0 Å². The van der Waals surface area contributed by atoms with Crippen molar-refractivity contribution < 1.29 is 9.66 Å². The van der Waals surface area contributed by atoms with Gasteiger partial charge in [-0.15, -0.1) is 11.6 Å². The number of nitrogens with zero attached hydrogens (tertiary/aromatic N) is 1. The van der Waals surface area contributed by atoms with E-state index in [9.17, 15) is 10.1 Å². The molecule has 0 fully saturated rings. The highest BCUT2D eigenvalue weighted by Gasteiger charge is 2.18. The van der Waals surface area contributed by atoms with E-state index in [0.29, 0.717) is 16.3 Å². The summed E-state index contributed by atoms with van der Waals surface area (Å²) in [5, 5.41) is 11.4. The maximum absolute atomic E-state index is 11.0. The number of nitro benzene ring substituents is 1. The average molecular weight is 312 g/mol. The van der Waals surface area contributed by atoms with E-state index in [2.05, 4.69) is 0 Å². The number of rotatable bonds is 4. The summed E-state index contributed by atoms with van der Waals surface area (Å²) >= 11 is 11.9. The van der Waals surface area contributed by atoms with Crippen LogP contribution in [0.15, 0.2) is 36.4 Å². The van der Waals surface area contributed by atoms with Crippen molar-refractivity contribution in [3.8, 4) is 11.5 Å². The Morgan fingerprint density at radius 3 is 2.70 bits per heavy atom. The van der Waals surface area contributed by atoms with Crippen molar-refractivity contribution in [2.45, 2.75) is 12.8 Å². The van der Waals surface area contributed by atoms with Crippen LogP contribution in [0, 0.1) is 17.0 Å². The van der Waals surface area contributed by atoms with Gasteiger partial charge in [0, 0.05) is 11.6 Å². The first-order chi connectivity index (χ1) is 9.52. The molecular formula is C14H11Cl2NO3. The molecule has 0 amide bonds. The van der Waals surface area contributed by atoms with Crippen LogP contribution < -0.4 is 4.74 Å². The number of nitro groups is 1. The summed E-state index contributed by atoms with van der Waals surface area (Å²) in [6, 6.07) is 9.81. The van der Waals surface area contributed by atoms with Gasteiger partial charge in [0.1, 0.15) is 0 Å². The molecule has 0 atom stereocenters. The van der Waals surface area contributed by atoms with Gasteiger partial charge in [0.15, 0.2) is 5.75 Å². The highest BCUT2D eigenvalue weighted by atomic mass is 35.5. The van der Waals surface area contributed by atoms with Crippen LogP contribution in [0.4, 0.5) is 5.69 Å². The first-order valence-electron chi connectivity index (χ1n) is 5.79. The molecule has 2 aromatic carbocycles. The summed E-state index contributed by atoms with van der Waals surface area (Å²) in [5.74, 6) is 0.697. The summed E-state index contributed by atoms with van der Waals surface area (Å²) in [6.07, 6.45) is 0. The van der Waals surface area contributed by atoms with Crippen molar-refractivity contribution in [3.05, 3.63) is 62.7 Å². The molecule has 0 spiro atoms. The lowest BCUT2D eigenvalue weighted by atomic mass is 10.2. The van der Waals surface area contributed by atoms with E-state index in [4.69, 9.17) is 27.9 Å². The third-order valence-corrected chi connectivity index (χ3v) is 3.30. The van der Waals surface area contributed by atoms with Gasteiger partial charge in [-0.3, -0.25) is 10.1 Å². The molecule has 104 valence electrons. The molecule has 0 radical (unpaired) electrons. The minimum atomic E-state index is -0.494. The van der Waals surface area contributed by atoms with Crippen LogP contribution in [-0.4, -0.2) is 4.92 Å². The van der Waals surface area contributed by atoms with Crippen LogP contribution in [0.1, 0.15) is 11.1 Å². The average Bonchev–Trinajstić information content (AvgIpc) is 2.40. The number of alkyl halides is 1. The Balaban J connectivity index is 2.50. The molecule has 4 nitrogen and oxygen atoms in total. The van der Waals surface area contributed by atoms with Gasteiger partial charge in [0.25, 0.3) is 0 Å². The molecule has 0 heterocycles. The number of hydrogen-bond donors (Lipinski definition) is 0. The van der Waals surface area contributed by atoms with Gasteiger partial charge in [-0.25, -0.2) is 0 Å². The topological polar surface area (TPSA) is 52.4 Å². The van der Waals surface area contributed by atoms with Gasteiger partial charge in [-0.05, 0) is 24.6 Å². The predicted molar refractivity (Wildman–Crippen MR) is 78.9 cm³/mol. The molecule has 2 aromatic rings. The third-order valence-electron chi connectivity index (χ3n) is 2.72. The quantitative estimate of drug-likeness (QED) is 0.449. The number of hydrogen-bond acceptors (Lipinski definition) is 3. The fourth-order valence-electron chi connectivity index (χ4n) is 1.74. The molecule has 0 saturated carbocycles. The van der Waals surface area contributed by atoms with Gasteiger partial charge in [-0.1, -0.05) is 29.8 Å². The fourth-order valence-corrected chi connectivity index (χ4v) is 2.18. The predicted octanol–water partition coefficient (Wildman–Crippen LogP) is 5.09. The van der Waals surface area contributed by atoms with E-state index in [1.54, 1.807) is 30.3 Å². The van der Waals surface area contributed by atoms with E-state index < -0.39 is 4.92 Å². The smallest absolute Gasteiger partial charge is 0.311 e. The molecule has 0 aliphatic heterocycles. The van der Waals surface area contributed by atoms with Crippen molar-refractivity contribution in [2.75, 3.05) is 0 Å². The normalized spacial score (nSPS) is 10.3. The zero-order valence-corrected chi connectivity index (χ0v) is 12.1. The summed E-state index contributed by atoms with van der Waals surface area (Å²) in [5.41, 5.74) is 1.41. The molecule has 0 unspecified atom stereocenters. The van der Waals surface area contributed by atoms with E-state index in [-0.39, 0.29) is 17.3 Å². The van der Waals surface area contributed by atoms with Crippen molar-refractivity contribution in [1.29, 1.82) is 0 Å². The fraction of sp³-hybridized carbons (Fsp3) is 0.143. The van der Waals surface area contributed by atoms with E-state index in [1.165, 1.54) is 6.07 Å². The Hall–Kier alpha value is -1.78. The Labute approximate surface area is 126 Å². The largest absolute Gasteiger partial charge is 0.448 e. The molecule has 0 bridgehead atoms. The SMILES string of the molecule is Cc1ccc([N+](=O)[O-])c(Oc2c(Cl)cccc2CCl)c1. The first-order valence-corrected chi connectivity index (χ1v) is 6.70. The van der Waals surface area contributed by atoms with Crippen LogP contribution in [0.2, 0.25) is 5.02 Å². The van der Waals surface area contributed by atoms with Crippen LogP contribution in [0.25, 0.3) is 0 Å². The summed E-state index contributed by atoms with van der Waals surface area (Å²) < 4.78 is 5.65. The summed E-state index contributed by atoms with van der Waals surface area (Å²) in [6.45, 7) is 1.83. The molecule has 0 N–H and O–H groups in total. The van der Waals surface area contributed by atoms with Gasteiger partial charge in [0.2, 0.25) is 5.75 Å². The van der Waals surface area contributed by atoms with Crippen LogP contribution >= 0.6 is 23.2 Å². The molecule has 6 heteroatoms. The molecule has 20 heavy (non-hydrogen) atoms. The number of halogens is 2. The summed E-state index contributed by atoms with van der Waals surface area (Å²) in [4.78, 5) is 10.5. The molecule has 0 aliphatic rings. The number of aryl methyl sites for hydroxylation is 1. The molecule has 2 rings (SSSR count). The Morgan fingerprint density at radius 2 is 2.05 bits per heavy atom. The summed E-state index contributed by atoms with van der Waals surface area (Å²) in [7, 11) is 0. The second kappa shape index (κ2) is 6.11. The van der Waals surface area contributed by atoms with Gasteiger partial charge in [-0.2, -0.15) is 0 Å². The number of benzene rings is 2. The molecule has 0 aromatic heterocycles. The highest BCUT2D eigenvalue weighted by Crippen LogP contribution is 2.38. The monoisotopic (exact) mass is 311 g/mol. The molecular weight excluding hydrogens is 301 g/mol. The van der Waals surface area contributed by atoms with Crippen LogP contribution in [-0.2, 0) is 5.88 Å². The molecule has 0 aliphatic carbocycles. The lowest BCUT2D eigenvalue weighted by molar-refractivity contribution is -0.385. The van der Waals surface area contributed by atoms with Gasteiger partial charge < -0.3 is 4.74 Å². The minimum Gasteiger partial charge on any atom is -0.448 e. The number of para-hydroxylation sites is 1. The minimum absolute atomic E-state index is 0.115. The van der Waals surface area contributed by atoms with Crippen LogP contribution in [0.5, 0.6) is 11.5 Å². The van der Waals surface area contributed by atoms with Crippen molar-refractivity contribution in [2.24, 2.45) is 0 Å². The van der Waals surface area contributed by atoms with E-state index in [0.717, 1.165) is 5.56 Å². The highest BCUT2D eigenvalue weighted by molar-refractivity contribution is 6.32. The van der Waals surface area contributed by atoms with E-state index in [1.807, 2.05) is 6.92 Å². The van der Waals surface area contributed by atoms with Crippen molar-refractivity contribution >= 4 is 28.9 Å². The zero-order chi connectivity index (χ0) is 14.7. The Morgan fingerprint density at radius 1 is 1.30 bits per heavy atom. The number of ether oxygens (including phenoxy) is 1. The first kappa shape index (κ1) is 14.6. The van der Waals surface area contributed by atoms with Crippen LogP contribution in [0.3, 0.4) is 0 Å². The lowest BCUT2D eigenvalue weighted by Gasteiger charge is -2.12. The maximum atomic E-state index is 11.0.